The van der Waals surface area contributed by atoms with Crippen LogP contribution in [0.15, 0.2) is 47.7 Å². The van der Waals surface area contributed by atoms with Crippen LogP contribution in [0.3, 0.4) is 0 Å². The zero-order chi connectivity index (χ0) is 32.4. The van der Waals surface area contributed by atoms with E-state index in [0.29, 0.717) is 42.4 Å². The van der Waals surface area contributed by atoms with Crippen molar-refractivity contribution in [3.8, 4) is 0 Å². The van der Waals surface area contributed by atoms with Crippen molar-refractivity contribution in [2.45, 2.75) is 97.5 Å². The highest BCUT2D eigenvalue weighted by molar-refractivity contribution is 6.18. The van der Waals surface area contributed by atoms with Crippen molar-refractivity contribution >= 4 is 46.6 Å². The molecule has 0 bridgehead atoms. The number of aryl methyl sites for hydroxylation is 1. The lowest BCUT2D eigenvalue weighted by Gasteiger charge is -2.58. The van der Waals surface area contributed by atoms with Crippen molar-refractivity contribution in [3.63, 3.8) is 0 Å². The quantitative estimate of drug-likeness (QED) is 0.167. The Hall–Kier alpha value is -2.31. The Morgan fingerprint density at radius 2 is 1.64 bits per heavy atom. The van der Waals surface area contributed by atoms with Gasteiger partial charge in [0, 0.05) is 55.7 Å². The molecule has 0 radical (unpaired) electrons. The van der Waals surface area contributed by atoms with E-state index in [1.165, 1.54) is 18.1 Å². The van der Waals surface area contributed by atoms with Crippen LogP contribution in [0.5, 0.6) is 0 Å². The second-order valence-corrected chi connectivity index (χ2v) is 14.9. The molecule has 2 saturated carbocycles. The molecule has 0 unspecified atom stereocenters. The standard InChI is InChI=1S/C37H49Cl2NO5/c1-25(41)37(45-26(2)42)19-16-33-31-13-10-28-24-30(14-17-35(28,3)32(31)15-18-36(33,37)4)44-34(43)7-5-6-27-8-11-29(12-9-27)40(22-20-38)23-21-39/h8-12,24,31-33H,5-7,13-23H2,1-4H3/t31-,32+,33+,35+,36+,37+/m1/s1. The monoisotopic (exact) mass is 657 g/mol. The smallest absolute Gasteiger partial charge is 0.310 e. The zero-order valence-corrected chi connectivity index (χ0v) is 28.9. The number of ether oxygens (including phenoxy) is 2. The summed E-state index contributed by atoms with van der Waals surface area (Å²) in [7, 11) is 0. The highest BCUT2D eigenvalue weighted by Crippen LogP contribution is 2.67. The van der Waals surface area contributed by atoms with Gasteiger partial charge in [-0.2, -0.15) is 0 Å². The first kappa shape index (κ1) is 34.0. The van der Waals surface area contributed by atoms with Crippen LogP contribution in [0.1, 0.15) is 91.0 Å². The van der Waals surface area contributed by atoms with Gasteiger partial charge in [-0.3, -0.25) is 14.4 Å². The van der Waals surface area contributed by atoms with Crippen molar-refractivity contribution in [1.82, 2.24) is 0 Å². The van der Waals surface area contributed by atoms with E-state index in [0.717, 1.165) is 75.9 Å². The van der Waals surface area contributed by atoms with Crippen LogP contribution in [0.2, 0.25) is 0 Å². The summed E-state index contributed by atoms with van der Waals surface area (Å²) in [5.41, 5.74) is 2.25. The number of allylic oxidation sites excluding steroid dienone is 4. The van der Waals surface area contributed by atoms with Crippen LogP contribution < -0.4 is 4.90 Å². The SMILES string of the molecule is CC(=O)O[C@]1(C(C)=O)CC[C@H]2[C@@H]3CC=C4C=C(OC(=O)CCCc5ccc(N(CCCl)CCCl)cc5)CC[C@]4(C)[C@H]3CC[C@@]21C. The highest BCUT2D eigenvalue weighted by Gasteiger charge is 2.67. The van der Waals surface area contributed by atoms with E-state index in [1.807, 2.05) is 0 Å². The molecule has 6 nitrogen and oxygen atoms in total. The number of hydrogen-bond acceptors (Lipinski definition) is 6. The third-order valence-electron chi connectivity index (χ3n) is 11.8. The molecule has 0 amide bonds. The second kappa shape index (κ2) is 13.8. The summed E-state index contributed by atoms with van der Waals surface area (Å²) in [6.07, 6.45) is 12.5. The highest BCUT2D eigenvalue weighted by atomic mass is 35.5. The van der Waals surface area contributed by atoms with E-state index >= 15 is 0 Å². The molecule has 8 heteroatoms. The van der Waals surface area contributed by atoms with Gasteiger partial charge in [-0.15, -0.1) is 23.2 Å². The molecule has 0 saturated heterocycles. The number of halogens is 2. The van der Waals surface area contributed by atoms with Crippen LogP contribution in [-0.4, -0.2) is 48.2 Å². The van der Waals surface area contributed by atoms with Gasteiger partial charge in [0.05, 0.1) is 0 Å². The van der Waals surface area contributed by atoms with Crippen LogP contribution in [0, 0.1) is 28.6 Å². The number of esters is 2. The largest absolute Gasteiger partial charge is 0.451 e. The van der Waals surface area contributed by atoms with Crippen LogP contribution in [0.4, 0.5) is 5.69 Å². The van der Waals surface area contributed by atoms with Gasteiger partial charge in [0.1, 0.15) is 5.76 Å². The molecular formula is C37H49Cl2NO5. The predicted octanol–water partition coefficient (Wildman–Crippen LogP) is 8.18. The molecule has 5 rings (SSSR count). The Balaban J connectivity index is 1.19. The number of Topliss-reactive ketones (excluding diaryl/α,β-unsaturated/α-hetero) is 1. The van der Waals surface area contributed by atoms with Gasteiger partial charge in [0.15, 0.2) is 11.4 Å². The zero-order valence-electron chi connectivity index (χ0n) is 27.3. The van der Waals surface area contributed by atoms with Crippen LogP contribution >= 0.6 is 23.2 Å². The number of alkyl halides is 2. The summed E-state index contributed by atoms with van der Waals surface area (Å²) >= 11 is 11.9. The molecule has 0 aromatic heterocycles. The summed E-state index contributed by atoms with van der Waals surface area (Å²) in [5.74, 6) is 2.60. The van der Waals surface area contributed by atoms with Crippen molar-refractivity contribution in [3.05, 3.63) is 53.3 Å². The van der Waals surface area contributed by atoms with Crippen molar-refractivity contribution in [2.75, 3.05) is 29.7 Å². The van der Waals surface area contributed by atoms with E-state index < -0.39 is 5.60 Å². The molecule has 2 fully saturated rings. The fraction of sp³-hybridized carbons (Fsp3) is 0.649. The molecule has 1 aromatic rings. The molecule has 0 aliphatic heterocycles. The van der Waals surface area contributed by atoms with E-state index in [9.17, 15) is 14.4 Å². The first-order valence-corrected chi connectivity index (χ1v) is 17.8. The summed E-state index contributed by atoms with van der Waals surface area (Å²) in [4.78, 5) is 40.1. The Bertz CT molecular complexity index is 1330. The maximum Gasteiger partial charge on any atom is 0.310 e. The molecule has 45 heavy (non-hydrogen) atoms. The Morgan fingerprint density at radius 3 is 2.29 bits per heavy atom. The number of ketones is 1. The van der Waals surface area contributed by atoms with E-state index in [4.69, 9.17) is 32.7 Å². The normalized spacial score (nSPS) is 31.9. The summed E-state index contributed by atoms with van der Waals surface area (Å²) in [5, 5.41) is 0. The lowest BCUT2D eigenvalue weighted by Crippen LogP contribution is -2.58. The maximum absolute atomic E-state index is 13.0. The molecular weight excluding hydrogens is 609 g/mol. The minimum absolute atomic E-state index is 0.0122. The van der Waals surface area contributed by atoms with E-state index in [2.05, 4.69) is 55.2 Å². The topological polar surface area (TPSA) is 72.9 Å². The molecule has 246 valence electrons. The molecule has 6 atom stereocenters. The molecule has 1 aromatic carbocycles. The number of rotatable bonds is 12. The Labute approximate surface area is 278 Å². The van der Waals surface area contributed by atoms with Gasteiger partial charge in [0.2, 0.25) is 0 Å². The Kier molecular flexibility index (Phi) is 10.4. The van der Waals surface area contributed by atoms with Crippen molar-refractivity contribution < 1.29 is 23.9 Å². The second-order valence-electron chi connectivity index (χ2n) is 14.1. The number of nitrogens with zero attached hydrogens (tertiary/aromatic N) is 1. The van der Waals surface area contributed by atoms with Gasteiger partial charge >= 0.3 is 11.9 Å². The number of carbonyl (C=O) groups excluding carboxylic acids is 3. The molecule has 4 aliphatic carbocycles. The molecule has 4 aliphatic rings. The van der Waals surface area contributed by atoms with Gasteiger partial charge < -0.3 is 14.4 Å². The summed E-state index contributed by atoms with van der Waals surface area (Å²) in [6, 6.07) is 8.41. The van der Waals surface area contributed by atoms with Crippen LogP contribution in [0.25, 0.3) is 0 Å². The third-order valence-corrected chi connectivity index (χ3v) is 12.2. The lowest BCUT2D eigenvalue weighted by atomic mass is 9.47. The predicted molar refractivity (Wildman–Crippen MR) is 179 cm³/mol. The van der Waals surface area contributed by atoms with Gasteiger partial charge in [-0.05, 0) is 111 Å². The van der Waals surface area contributed by atoms with E-state index in [1.54, 1.807) is 6.92 Å². The first-order valence-electron chi connectivity index (χ1n) is 16.8. The molecule has 0 N–H and O–H groups in total. The summed E-state index contributed by atoms with van der Waals surface area (Å²) < 4.78 is 11.8. The van der Waals surface area contributed by atoms with E-state index in [-0.39, 0.29) is 28.6 Å². The number of benzene rings is 1. The van der Waals surface area contributed by atoms with Crippen molar-refractivity contribution in [1.29, 1.82) is 0 Å². The van der Waals surface area contributed by atoms with Gasteiger partial charge in [-0.25, -0.2) is 0 Å². The van der Waals surface area contributed by atoms with Crippen LogP contribution in [-0.2, 0) is 30.3 Å². The summed E-state index contributed by atoms with van der Waals surface area (Å²) in [6.45, 7) is 9.10. The average Bonchev–Trinajstić information content (AvgIpc) is 3.30. The maximum atomic E-state index is 13.0. The number of anilines is 1. The lowest BCUT2D eigenvalue weighted by molar-refractivity contribution is -0.186. The molecule has 0 heterocycles. The average molecular weight is 659 g/mol. The minimum atomic E-state index is -1.01. The first-order chi connectivity index (χ1) is 21.5. The van der Waals surface area contributed by atoms with Gasteiger partial charge in [0.25, 0.3) is 0 Å². The van der Waals surface area contributed by atoms with Crippen molar-refractivity contribution in [2.24, 2.45) is 28.6 Å². The Morgan fingerprint density at radius 1 is 0.956 bits per heavy atom. The molecule has 0 spiro atoms. The van der Waals surface area contributed by atoms with Gasteiger partial charge in [-0.1, -0.05) is 32.1 Å². The third kappa shape index (κ3) is 6.48. The number of fused-ring (bicyclic) bond motifs is 5. The number of hydrogen-bond donors (Lipinski definition) is 0. The fourth-order valence-electron chi connectivity index (χ4n) is 9.52. The number of carbonyl (C=O) groups is 3. The fourth-order valence-corrected chi connectivity index (χ4v) is 9.93. The minimum Gasteiger partial charge on any atom is -0.451 e.